The molecule has 0 fully saturated rings. The third kappa shape index (κ3) is 3.51. The Hall–Kier alpha value is -1.83. The quantitative estimate of drug-likeness (QED) is 0.294. The SMILES string of the molecule is CCC(C)Sc1nc2ccc(NCn3c(=S)oc4ccccc43)cc2s1. The highest BCUT2D eigenvalue weighted by molar-refractivity contribution is 8.01. The minimum Gasteiger partial charge on any atom is -0.429 e. The molecule has 4 rings (SSSR count). The van der Waals surface area contributed by atoms with Gasteiger partial charge in [0.2, 0.25) is 0 Å². The van der Waals surface area contributed by atoms with Crippen LogP contribution in [-0.2, 0) is 6.67 Å². The monoisotopic (exact) mass is 401 g/mol. The predicted molar refractivity (Wildman–Crippen MR) is 114 cm³/mol. The van der Waals surface area contributed by atoms with Crippen molar-refractivity contribution in [3.05, 3.63) is 47.3 Å². The molecule has 0 saturated carbocycles. The van der Waals surface area contributed by atoms with Crippen molar-refractivity contribution in [2.45, 2.75) is 36.5 Å². The number of oxazole rings is 1. The number of anilines is 1. The summed E-state index contributed by atoms with van der Waals surface area (Å²) in [4.78, 5) is 5.20. The Labute approximate surface area is 165 Å². The van der Waals surface area contributed by atoms with Crippen LogP contribution < -0.4 is 5.32 Å². The van der Waals surface area contributed by atoms with Crippen molar-refractivity contribution in [1.29, 1.82) is 0 Å². The molecule has 0 saturated heterocycles. The van der Waals surface area contributed by atoms with Crippen molar-refractivity contribution in [3.63, 3.8) is 0 Å². The van der Waals surface area contributed by atoms with Crippen LogP contribution in [0.15, 0.2) is 51.2 Å². The topological polar surface area (TPSA) is 43.0 Å². The summed E-state index contributed by atoms with van der Waals surface area (Å²) in [6, 6.07) is 14.2. The van der Waals surface area contributed by atoms with E-state index in [0.29, 0.717) is 16.8 Å². The summed E-state index contributed by atoms with van der Waals surface area (Å²) in [5.74, 6) is 0. The van der Waals surface area contributed by atoms with Gasteiger partial charge < -0.3 is 9.73 Å². The molecule has 0 aliphatic carbocycles. The maximum absolute atomic E-state index is 5.64. The van der Waals surface area contributed by atoms with Crippen LogP contribution in [0.1, 0.15) is 20.3 Å². The molecule has 0 bridgehead atoms. The van der Waals surface area contributed by atoms with E-state index in [2.05, 4.69) is 37.4 Å². The summed E-state index contributed by atoms with van der Waals surface area (Å²) in [7, 11) is 0. The lowest BCUT2D eigenvalue weighted by Crippen LogP contribution is -2.07. The molecule has 4 aromatic rings. The van der Waals surface area contributed by atoms with Crippen LogP contribution in [0.5, 0.6) is 0 Å². The predicted octanol–water partition coefficient (Wildman–Crippen LogP) is 6.53. The molecule has 4 nitrogen and oxygen atoms in total. The highest BCUT2D eigenvalue weighted by Crippen LogP contribution is 2.34. The molecular weight excluding hydrogens is 382 g/mol. The van der Waals surface area contributed by atoms with Gasteiger partial charge in [0.25, 0.3) is 4.84 Å². The Morgan fingerprint density at radius 1 is 1.31 bits per heavy atom. The van der Waals surface area contributed by atoms with Crippen LogP contribution in [0.4, 0.5) is 5.69 Å². The zero-order valence-corrected chi connectivity index (χ0v) is 17.0. The number of aromatic nitrogens is 2. The van der Waals surface area contributed by atoms with Crippen molar-refractivity contribution in [1.82, 2.24) is 9.55 Å². The number of nitrogens with zero attached hydrogens (tertiary/aromatic N) is 2. The van der Waals surface area contributed by atoms with E-state index in [-0.39, 0.29) is 0 Å². The Balaban J connectivity index is 1.55. The molecule has 0 radical (unpaired) electrons. The van der Waals surface area contributed by atoms with Crippen molar-refractivity contribution < 1.29 is 4.42 Å². The van der Waals surface area contributed by atoms with E-state index in [9.17, 15) is 0 Å². The molecule has 2 aromatic carbocycles. The van der Waals surface area contributed by atoms with Gasteiger partial charge in [-0.15, -0.1) is 11.3 Å². The number of hydrogen-bond donors (Lipinski definition) is 1. The van der Waals surface area contributed by atoms with Gasteiger partial charge in [0.1, 0.15) is 0 Å². The van der Waals surface area contributed by atoms with Crippen LogP contribution in [0.25, 0.3) is 21.3 Å². The minimum absolute atomic E-state index is 0.477. The molecular formula is C19H19N3OS3. The first-order chi connectivity index (χ1) is 12.6. The van der Waals surface area contributed by atoms with Crippen LogP contribution in [0, 0.1) is 4.84 Å². The number of fused-ring (bicyclic) bond motifs is 2. The molecule has 2 aromatic heterocycles. The second kappa shape index (κ2) is 7.42. The lowest BCUT2D eigenvalue weighted by molar-refractivity contribution is 0.546. The van der Waals surface area contributed by atoms with Crippen molar-refractivity contribution in [2.75, 3.05) is 5.32 Å². The number of para-hydroxylation sites is 2. The number of thioether (sulfide) groups is 1. The Kier molecular flexibility index (Phi) is 5.02. The average molecular weight is 402 g/mol. The van der Waals surface area contributed by atoms with Gasteiger partial charge in [-0.3, -0.25) is 4.57 Å². The summed E-state index contributed by atoms with van der Waals surface area (Å²) >= 11 is 8.94. The standard InChI is InChI=1S/C19H19N3OS3/c1-3-12(2)25-18-21-14-9-8-13(10-17(14)26-18)20-11-22-15-6-4-5-7-16(15)23-19(22)24/h4-10,12,20H,3,11H2,1-2H3. The molecule has 0 aliphatic rings. The first-order valence-electron chi connectivity index (χ1n) is 8.53. The Morgan fingerprint density at radius 2 is 2.15 bits per heavy atom. The van der Waals surface area contributed by atoms with E-state index in [1.54, 1.807) is 11.3 Å². The van der Waals surface area contributed by atoms with Crippen LogP contribution in [0.2, 0.25) is 0 Å². The molecule has 26 heavy (non-hydrogen) atoms. The summed E-state index contributed by atoms with van der Waals surface area (Å²) in [6.07, 6.45) is 1.15. The number of nitrogens with one attached hydrogen (secondary N) is 1. The highest BCUT2D eigenvalue weighted by atomic mass is 32.2. The number of rotatable bonds is 6. The van der Waals surface area contributed by atoms with Gasteiger partial charge in [0, 0.05) is 10.9 Å². The fourth-order valence-corrected chi connectivity index (χ4v) is 5.26. The van der Waals surface area contributed by atoms with E-state index < -0.39 is 0 Å². The molecule has 0 aliphatic heterocycles. The summed E-state index contributed by atoms with van der Waals surface area (Å²) in [5.41, 5.74) is 3.91. The fourth-order valence-electron chi connectivity index (χ4n) is 2.65. The van der Waals surface area contributed by atoms with Gasteiger partial charge in [-0.05, 0) is 49.0 Å². The highest BCUT2D eigenvalue weighted by Gasteiger charge is 2.09. The number of hydrogen-bond acceptors (Lipinski definition) is 6. The van der Waals surface area contributed by atoms with E-state index in [1.165, 1.54) is 4.70 Å². The third-order valence-corrected chi connectivity index (χ3v) is 6.94. The van der Waals surface area contributed by atoms with Crippen LogP contribution in [-0.4, -0.2) is 14.8 Å². The van der Waals surface area contributed by atoms with Crippen molar-refractivity contribution in [3.8, 4) is 0 Å². The third-order valence-electron chi connectivity index (χ3n) is 4.26. The first-order valence-corrected chi connectivity index (χ1v) is 10.6. The van der Waals surface area contributed by atoms with Gasteiger partial charge in [0.05, 0.1) is 22.4 Å². The molecule has 0 amide bonds. The molecule has 7 heteroatoms. The fraction of sp³-hybridized carbons (Fsp3) is 0.263. The van der Waals surface area contributed by atoms with E-state index in [1.807, 2.05) is 40.6 Å². The largest absolute Gasteiger partial charge is 0.429 e. The zero-order valence-electron chi connectivity index (χ0n) is 14.6. The smallest absolute Gasteiger partial charge is 0.271 e. The molecule has 1 atom stereocenters. The van der Waals surface area contributed by atoms with Gasteiger partial charge in [0.15, 0.2) is 9.92 Å². The molecule has 0 spiro atoms. The second-order valence-electron chi connectivity index (χ2n) is 6.10. The van der Waals surface area contributed by atoms with Gasteiger partial charge >= 0.3 is 0 Å². The van der Waals surface area contributed by atoms with Gasteiger partial charge in [-0.1, -0.05) is 37.7 Å². The molecule has 1 N–H and O–H groups in total. The summed E-state index contributed by atoms with van der Waals surface area (Å²) in [5, 5.41) is 4.03. The van der Waals surface area contributed by atoms with Crippen molar-refractivity contribution >= 4 is 62.3 Å². The summed E-state index contributed by atoms with van der Waals surface area (Å²) < 4.78 is 9.93. The van der Waals surface area contributed by atoms with Gasteiger partial charge in [-0.2, -0.15) is 0 Å². The normalized spacial score (nSPS) is 12.7. The number of thiazole rings is 1. The van der Waals surface area contributed by atoms with E-state index in [4.69, 9.17) is 21.6 Å². The average Bonchev–Trinajstić information content (AvgIpc) is 3.18. The lowest BCUT2D eigenvalue weighted by atomic mass is 10.3. The van der Waals surface area contributed by atoms with Crippen LogP contribution in [0.3, 0.4) is 0 Å². The van der Waals surface area contributed by atoms with E-state index >= 15 is 0 Å². The molecule has 2 heterocycles. The molecule has 1 unspecified atom stereocenters. The van der Waals surface area contributed by atoms with Crippen LogP contribution >= 0.6 is 35.3 Å². The minimum atomic E-state index is 0.477. The Bertz CT molecular complexity index is 1110. The number of benzene rings is 2. The maximum Gasteiger partial charge on any atom is 0.271 e. The van der Waals surface area contributed by atoms with Gasteiger partial charge in [-0.25, -0.2) is 4.98 Å². The Morgan fingerprint density at radius 3 is 3.00 bits per heavy atom. The first kappa shape index (κ1) is 17.6. The zero-order chi connectivity index (χ0) is 18.1. The van der Waals surface area contributed by atoms with Crippen molar-refractivity contribution in [2.24, 2.45) is 0 Å². The summed E-state index contributed by atoms with van der Waals surface area (Å²) in [6.45, 7) is 5.01. The van der Waals surface area contributed by atoms with E-state index in [0.717, 1.165) is 33.1 Å². The second-order valence-corrected chi connectivity index (χ2v) is 9.16. The molecule has 134 valence electrons. The lowest BCUT2D eigenvalue weighted by Gasteiger charge is -2.07. The maximum atomic E-state index is 5.64.